The molecule has 0 atom stereocenters. The molecule has 1 aliphatic rings. The summed E-state index contributed by atoms with van der Waals surface area (Å²) in [7, 11) is 0. The molecule has 1 aliphatic carbocycles. The van der Waals surface area contributed by atoms with Crippen molar-refractivity contribution in [1.29, 1.82) is 0 Å². The lowest BCUT2D eigenvalue weighted by atomic mass is 9.85. The second-order valence-corrected chi connectivity index (χ2v) is 9.19. The lowest BCUT2D eigenvalue weighted by molar-refractivity contribution is -0.150. The number of rotatable bonds is 11. The number of aliphatic carboxylic acids is 1. The van der Waals surface area contributed by atoms with Crippen LogP contribution in [0.3, 0.4) is 0 Å². The molecule has 1 fully saturated rings. The summed E-state index contributed by atoms with van der Waals surface area (Å²) >= 11 is 0. The Bertz CT molecular complexity index is 1030. The van der Waals surface area contributed by atoms with E-state index in [1.54, 1.807) is 0 Å². The molecule has 3 aromatic rings. The number of nitrogens with zero attached hydrogens (tertiary/aromatic N) is 4. The maximum Gasteiger partial charge on any atom is 0.310 e. The highest BCUT2D eigenvalue weighted by Gasteiger charge is 2.42. The Hall–Kier alpha value is -3.06. The molecule has 33 heavy (non-hydrogen) atoms. The number of aromatic amines is 1. The summed E-state index contributed by atoms with van der Waals surface area (Å²) in [5, 5.41) is 24.4. The first-order valence-corrected chi connectivity index (χ1v) is 12.0. The summed E-state index contributed by atoms with van der Waals surface area (Å²) in [5.41, 5.74) is 3.70. The Morgan fingerprint density at radius 3 is 2.42 bits per heavy atom. The summed E-state index contributed by atoms with van der Waals surface area (Å²) in [4.78, 5) is 14.5. The maximum absolute atomic E-state index is 12.1. The molecule has 1 saturated carbocycles. The van der Waals surface area contributed by atoms with Gasteiger partial charge in [0.05, 0.1) is 5.41 Å². The highest BCUT2D eigenvalue weighted by atomic mass is 16.4. The van der Waals surface area contributed by atoms with Gasteiger partial charge in [-0.25, -0.2) is 0 Å². The number of carboxylic acid groups (broad SMARTS) is 1. The molecule has 2 aromatic carbocycles. The minimum absolute atomic E-state index is 0.576. The molecule has 1 heterocycles. The number of carbonyl (C=O) groups is 1. The molecule has 7 nitrogen and oxygen atoms in total. The van der Waals surface area contributed by atoms with Crippen LogP contribution in [0.15, 0.2) is 48.5 Å². The van der Waals surface area contributed by atoms with Crippen LogP contribution < -0.4 is 0 Å². The molecule has 4 rings (SSSR count). The van der Waals surface area contributed by atoms with Crippen LogP contribution in [0.25, 0.3) is 22.5 Å². The number of carboxylic acids is 1. The third-order valence-electron chi connectivity index (χ3n) is 6.80. The number of benzene rings is 2. The van der Waals surface area contributed by atoms with Crippen LogP contribution in [-0.4, -0.2) is 49.7 Å². The number of hydrogen-bond donors (Lipinski definition) is 2. The zero-order chi connectivity index (χ0) is 23.1. The lowest BCUT2D eigenvalue weighted by Crippen LogP contribution is -2.41. The van der Waals surface area contributed by atoms with Crippen molar-refractivity contribution >= 4 is 5.97 Å². The van der Waals surface area contributed by atoms with E-state index in [9.17, 15) is 9.90 Å². The fourth-order valence-corrected chi connectivity index (χ4v) is 4.97. The SMILES string of the molecule is CCCCCN(Cc1ccc(-c2ccccc2-c2nn[nH]n2)cc1)CC1(C(=O)O)CCCC1. The maximum atomic E-state index is 12.1. The third-order valence-corrected chi connectivity index (χ3v) is 6.80. The number of aromatic nitrogens is 4. The zero-order valence-electron chi connectivity index (χ0n) is 19.3. The predicted molar refractivity (Wildman–Crippen MR) is 128 cm³/mol. The van der Waals surface area contributed by atoms with Crippen molar-refractivity contribution in [3.05, 3.63) is 54.1 Å². The Morgan fingerprint density at radius 1 is 1.06 bits per heavy atom. The second kappa shape index (κ2) is 10.7. The molecular weight excluding hydrogens is 414 g/mol. The minimum Gasteiger partial charge on any atom is -0.481 e. The predicted octanol–water partition coefficient (Wildman–Crippen LogP) is 5.17. The molecule has 174 valence electrons. The summed E-state index contributed by atoms with van der Waals surface area (Å²) < 4.78 is 0. The Balaban J connectivity index is 1.52. The van der Waals surface area contributed by atoms with Crippen LogP contribution in [0, 0.1) is 5.41 Å². The molecule has 0 spiro atoms. The van der Waals surface area contributed by atoms with Crippen molar-refractivity contribution in [2.45, 2.75) is 58.4 Å². The van der Waals surface area contributed by atoms with E-state index in [4.69, 9.17) is 0 Å². The van der Waals surface area contributed by atoms with Crippen LogP contribution in [0.4, 0.5) is 0 Å². The molecule has 0 saturated heterocycles. The fraction of sp³-hybridized carbons (Fsp3) is 0.462. The van der Waals surface area contributed by atoms with E-state index in [2.05, 4.69) is 62.8 Å². The topological polar surface area (TPSA) is 95.0 Å². The largest absolute Gasteiger partial charge is 0.481 e. The first kappa shape index (κ1) is 23.1. The monoisotopic (exact) mass is 447 g/mol. The first-order valence-electron chi connectivity index (χ1n) is 12.0. The first-order chi connectivity index (χ1) is 16.1. The summed E-state index contributed by atoms with van der Waals surface area (Å²) in [6.07, 6.45) is 7.04. The number of H-pyrrole nitrogens is 1. The summed E-state index contributed by atoms with van der Waals surface area (Å²) in [5.74, 6) is -0.0544. The average molecular weight is 448 g/mol. The average Bonchev–Trinajstić information content (AvgIpc) is 3.53. The zero-order valence-corrected chi connectivity index (χ0v) is 19.3. The number of unbranched alkanes of at least 4 members (excludes halogenated alkanes) is 2. The van der Waals surface area contributed by atoms with E-state index in [0.29, 0.717) is 12.4 Å². The van der Waals surface area contributed by atoms with Crippen LogP contribution >= 0.6 is 0 Å². The molecular formula is C26H33N5O2. The van der Waals surface area contributed by atoms with Crippen molar-refractivity contribution in [1.82, 2.24) is 25.5 Å². The van der Waals surface area contributed by atoms with Gasteiger partial charge in [-0.15, -0.1) is 10.2 Å². The van der Waals surface area contributed by atoms with Crippen molar-refractivity contribution in [3.8, 4) is 22.5 Å². The van der Waals surface area contributed by atoms with E-state index in [-0.39, 0.29) is 0 Å². The molecule has 0 amide bonds. The smallest absolute Gasteiger partial charge is 0.310 e. The van der Waals surface area contributed by atoms with Gasteiger partial charge in [-0.05, 0) is 47.7 Å². The van der Waals surface area contributed by atoms with Crippen molar-refractivity contribution in [2.75, 3.05) is 13.1 Å². The van der Waals surface area contributed by atoms with Crippen molar-refractivity contribution < 1.29 is 9.90 Å². The Kier molecular flexibility index (Phi) is 7.50. The van der Waals surface area contributed by atoms with E-state index >= 15 is 0 Å². The standard InChI is InChI=1S/C26H33N5O2/c1-2-3-8-17-31(19-26(25(32)33)15-6-7-16-26)18-20-11-13-21(14-12-20)22-9-4-5-10-23(22)24-27-29-30-28-24/h4-5,9-14H,2-3,6-8,15-19H2,1H3,(H,32,33)(H,27,28,29,30). The molecule has 0 radical (unpaired) electrons. The van der Waals surface area contributed by atoms with Gasteiger partial charge in [0.2, 0.25) is 5.82 Å². The highest BCUT2D eigenvalue weighted by Crippen LogP contribution is 2.39. The van der Waals surface area contributed by atoms with Gasteiger partial charge in [0.15, 0.2) is 0 Å². The van der Waals surface area contributed by atoms with E-state index in [1.807, 2.05) is 18.2 Å². The van der Waals surface area contributed by atoms with Gasteiger partial charge in [-0.2, -0.15) is 5.21 Å². The van der Waals surface area contributed by atoms with Crippen molar-refractivity contribution in [3.63, 3.8) is 0 Å². The molecule has 0 unspecified atom stereocenters. The number of tetrazole rings is 1. The minimum atomic E-state index is -0.631. The van der Waals surface area contributed by atoms with Gasteiger partial charge in [-0.3, -0.25) is 9.69 Å². The van der Waals surface area contributed by atoms with E-state index in [0.717, 1.165) is 68.3 Å². The second-order valence-electron chi connectivity index (χ2n) is 9.19. The van der Waals surface area contributed by atoms with E-state index < -0.39 is 11.4 Å². The van der Waals surface area contributed by atoms with Crippen LogP contribution in [-0.2, 0) is 11.3 Å². The van der Waals surface area contributed by atoms with Crippen LogP contribution in [0.2, 0.25) is 0 Å². The number of hydrogen-bond acceptors (Lipinski definition) is 5. The lowest BCUT2D eigenvalue weighted by Gasteiger charge is -2.32. The normalized spacial score (nSPS) is 15.2. The summed E-state index contributed by atoms with van der Waals surface area (Å²) in [6, 6.07) is 16.6. The Morgan fingerprint density at radius 2 is 1.79 bits per heavy atom. The number of nitrogens with one attached hydrogen (secondary N) is 1. The molecule has 1 aromatic heterocycles. The molecule has 2 N–H and O–H groups in total. The summed E-state index contributed by atoms with van der Waals surface area (Å²) in [6.45, 7) is 4.54. The fourth-order valence-electron chi connectivity index (χ4n) is 4.97. The van der Waals surface area contributed by atoms with Crippen molar-refractivity contribution in [2.24, 2.45) is 5.41 Å². The van der Waals surface area contributed by atoms with Crippen LogP contribution in [0.5, 0.6) is 0 Å². The quantitative estimate of drug-likeness (QED) is 0.394. The van der Waals surface area contributed by atoms with Gasteiger partial charge >= 0.3 is 5.97 Å². The Labute approximate surface area is 195 Å². The molecule has 0 aliphatic heterocycles. The van der Waals surface area contributed by atoms with Crippen LogP contribution in [0.1, 0.15) is 57.4 Å². The molecule has 7 heteroatoms. The van der Waals surface area contributed by atoms with Gasteiger partial charge in [0.25, 0.3) is 0 Å². The van der Waals surface area contributed by atoms with Gasteiger partial charge in [0.1, 0.15) is 0 Å². The highest BCUT2D eigenvalue weighted by molar-refractivity contribution is 5.80. The molecule has 0 bridgehead atoms. The van der Waals surface area contributed by atoms with Gasteiger partial charge in [0, 0.05) is 18.7 Å². The van der Waals surface area contributed by atoms with Gasteiger partial charge < -0.3 is 5.11 Å². The van der Waals surface area contributed by atoms with E-state index in [1.165, 1.54) is 12.0 Å². The third kappa shape index (κ3) is 5.47. The van der Waals surface area contributed by atoms with Gasteiger partial charge in [-0.1, -0.05) is 81.1 Å².